The van der Waals surface area contributed by atoms with Gasteiger partial charge in [-0.05, 0) is 40.7 Å². The molecule has 0 spiro atoms. The lowest BCUT2D eigenvalue weighted by molar-refractivity contribution is -0.383. The van der Waals surface area contributed by atoms with Crippen molar-refractivity contribution in [1.82, 2.24) is 0 Å². The van der Waals surface area contributed by atoms with Crippen molar-refractivity contribution in [3.8, 4) is 6.07 Å². The van der Waals surface area contributed by atoms with Gasteiger partial charge in [0.15, 0.2) is 0 Å². The average Bonchev–Trinajstić information content (AvgIpc) is 2.43. The number of nitrogens with one attached hydrogen (secondary N) is 1. The summed E-state index contributed by atoms with van der Waals surface area (Å²) in [5.41, 5.74) is -0.464. The molecule has 0 aliphatic carbocycles. The number of nitriles is 1. The van der Waals surface area contributed by atoms with Crippen LogP contribution in [0.2, 0.25) is 0 Å². The lowest BCUT2D eigenvalue weighted by atomic mass is 10.1. The summed E-state index contributed by atoms with van der Waals surface area (Å²) in [6, 6.07) is 4.59. The molecule has 1 aromatic carbocycles. The van der Waals surface area contributed by atoms with Crippen LogP contribution >= 0.6 is 0 Å². The maximum Gasteiger partial charge on any atom is 0.412 e. The van der Waals surface area contributed by atoms with E-state index in [9.17, 15) is 20.2 Å². The van der Waals surface area contributed by atoms with E-state index in [0.29, 0.717) is 5.69 Å². The molecule has 0 radical (unpaired) electrons. The molecule has 0 fully saturated rings. The van der Waals surface area contributed by atoms with Crippen LogP contribution in [0, 0.1) is 21.4 Å². The number of nitro groups is 1. The van der Waals surface area contributed by atoms with Crippen molar-refractivity contribution < 1.29 is 14.5 Å². The number of anilines is 2. The van der Waals surface area contributed by atoms with Crippen molar-refractivity contribution in [2.24, 2.45) is 0 Å². The minimum atomic E-state index is -0.798. The van der Waals surface area contributed by atoms with Gasteiger partial charge in [0.25, 0.3) is 5.69 Å². The van der Waals surface area contributed by atoms with E-state index in [1.165, 1.54) is 6.07 Å². The maximum atomic E-state index is 11.9. The largest absolute Gasteiger partial charge is 0.444 e. The van der Waals surface area contributed by atoms with Gasteiger partial charge in [0, 0.05) is 19.2 Å². The van der Waals surface area contributed by atoms with Crippen molar-refractivity contribution in [2.45, 2.75) is 46.3 Å². The number of amides is 1. The van der Waals surface area contributed by atoms with Gasteiger partial charge in [0.05, 0.1) is 16.2 Å². The van der Waals surface area contributed by atoms with Crippen LogP contribution in [0.3, 0.4) is 0 Å². The van der Waals surface area contributed by atoms with Gasteiger partial charge < -0.3 is 9.64 Å². The Morgan fingerprint density at radius 1 is 1.42 bits per heavy atom. The summed E-state index contributed by atoms with van der Waals surface area (Å²) in [4.78, 5) is 24.3. The molecular weight excluding hydrogens is 312 g/mol. The molecule has 0 bridgehead atoms. The zero-order valence-electron chi connectivity index (χ0n) is 14.7. The van der Waals surface area contributed by atoms with Gasteiger partial charge in [-0.2, -0.15) is 5.26 Å². The fraction of sp³-hybridized carbons (Fsp3) is 0.500. The number of benzene rings is 1. The third-order valence-corrected chi connectivity index (χ3v) is 3.22. The van der Waals surface area contributed by atoms with E-state index in [0.717, 1.165) is 6.07 Å². The Labute approximate surface area is 141 Å². The third kappa shape index (κ3) is 4.84. The van der Waals surface area contributed by atoms with E-state index in [1.807, 2.05) is 19.9 Å². The highest BCUT2D eigenvalue weighted by atomic mass is 16.6. The molecule has 24 heavy (non-hydrogen) atoms. The first-order valence-electron chi connectivity index (χ1n) is 7.41. The van der Waals surface area contributed by atoms with Crippen LogP contribution in [0.4, 0.5) is 21.9 Å². The molecule has 0 aliphatic rings. The molecule has 0 aliphatic heterocycles. The van der Waals surface area contributed by atoms with Crippen molar-refractivity contribution in [3.63, 3.8) is 0 Å². The minimum Gasteiger partial charge on any atom is -0.444 e. The second kappa shape index (κ2) is 7.17. The van der Waals surface area contributed by atoms with Gasteiger partial charge in [-0.25, -0.2) is 4.79 Å². The first kappa shape index (κ1) is 19.2. The number of ether oxygens (including phenoxy) is 1. The number of carbonyl (C=O) groups excluding carboxylic acids is 1. The summed E-state index contributed by atoms with van der Waals surface area (Å²) in [7, 11) is 1.77. The minimum absolute atomic E-state index is 0.0178. The highest BCUT2D eigenvalue weighted by molar-refractivity contribution is 5.90. The summed E-state index contributed by atoms with van der Waals surface area (Å²) in [5.74, 6) is 0. The van der Waals surface area contributed by atoms with Crippen molar-refractivity contribution >= 4 is 23.2 Å². The number of rotatable bonds is 4. The quantitative estimate of drug-likeness (QED) is 0.665. The molecule has 0 atom stereocenters. The Morgan fingerprint density at radius 3 is 2.42 bits per heavy atom. The first-order chi connectivity index (χ1) is 11.0. The summed E-state index contributed by atoms with van der Waals surface area (Å²) >= 11 is 0. The molecule has 0 saturated carbocycles. The Morgan fingerprint density at radius 2 is 2.00 bits per heavy atom. The lowest BCUT2D eigenvalue weighted by Crippen LogP contribution is -2.28. The predicted octanol–water partition coefficient (Wildman–Crippen LogP) is 3.66. The third-order valence-electron chi connectivity index (χ3n) is 3.22. The van der Waals surface area contributed by atoms with E-state index in [2.05, 4.69) is 5.32 Å². The molecule has 8 heteroatoms. The number of hydrogen-bond donors (Lipinski definition) is 1. The molecule has 0 heterocycles. The predicted molar refractivity (Wildman–Crippen MR) is 91.2 cm³/mol. The molecule has 0 saturated heterocycles. The van der Waals surface area contributed by atoms with Crippen molar-refractivity contribution in [2.75, 3.05) is 17.3 Å². The maximum absolute atomic E-state index is 11.9. The van der Waals surface area contributed by atoms with E-state index in [-0.39, 0.29) is 23.0 Å². The molecule has 1 amide bonds. The van der Waals surface area contributed by atoms with Gasteiger partial charge in [0.2, 0.25) is 0 Å². The standard InChI is InChI=1S/C16H22N4O4/c1-10(2)19(6)13-8-12(18-15(21)24-16(3,4)5)14(20(22)23)7-11(13)9-17/h7-8,10H,1-6H3,(H,18,21). The number of carbonyl (C=O) groups is 1. The molecule has 1 N–H and O–H groups in total. The van der Waals surface area contributed by atoms with Crippen molar-refractivity contribution in [1.29, 1.82) is 5.26 Å². The van der Waals surface area contributed by atoms with E-state index < -0.39 is 16.6 Å². The van der Waals surface area contributed by atoms with Crippen LogP contribution in [-0.2, 0) is 4.74 Å². The highest BCUT2D eigenvalue weighted by Crippen LogP contribution is 2.33. The molecule has 130 valence electrons. The Balaban J connectivity index is 3.36. The van der Waals surface area contributed by atoms with Crippen LogP contribution in [0.1, 0.15) is 40.2 Å². The van der Waals surface area contributed by atoms with Crippen LogP contribution in [0.5, 0.6) is 0 Å². The Kier molecular flexibility index (Phi) is 5.74. The topological polar surface area (TPSA) is 108 Å². The highest BCUT2D eigenvalue weighted by Gasteiger charge is 2.24. The van der Waals surface area contributed by atoms with Gasteiger partial charge in [-0.15, -0.1) is 0 Å². The second-order valence-corrected chi connectivity index (χ2v) is 6.59. The summed E-state index contributed by atoms with van der Waals surface area (Å²) in [6.45, 7) is 8.92. The van der Waals surface area contributed by atoms with E-state index >= 15 is 0 Å². The molecular formula is C16H22N4O4. The monoisotopic (exact) mass is 334 g/mol. The van der Waals surface area contributed by atoms with Crippen LogP contribution < -0.4 is 10.2 Å². The lowest BCUT2D eigenvalue weighted by Gasteiger charge is -2.25. The number of nitro benzene ring substituents is 1. The molecule has 0 aromatic heterocycles. The summed E-state index contributed by atoms with van der Waals surface area (Å²) in [5, 5.41) is 22.9. The fourth-order valence-electron chi connectivity index (χ4n) is 1.90. The van der Waals surface area contributed by atoms with E-state index in [4.69, 9.17) is 4.74 Å². The molecule has 8 nitrogen and oxygen atoms in total. The molecule has 1 aromatic rings. The molecule has 0 unspecified atom stereocenters. The summed E-state index contributed by atoms with van der Waals surface area (Å²) in [6.07, 6.45) is -0.798. The van der Waals surface area contributed by atoms with Gasteiger partial charge in [0.1, 0.15) is 17.4 Å². The zero-order chi connectivity index (χ0) is 18.7. The van der Waals surface area contributed by atoms with Crippen LogP contribution in [0.15, 0.2) is 12.1 Å². The number of nitrogens with zero attached hydrogens (tertiary/aromatic N) is 3. The van der Waals surface area contributed by atoms with E-state index in [1.54, 1.807) is 32.7 Å². The van der Waals surface area contributed by atoms with Crippen molar-refractivity contribution in [3.05, 3.63) is 27.8 Å². The van der Waals surface area contributed by atoms with Crippen LogP contribution in [-0.4, -0.2) is 29.7 Å². The fourth-order valence-corrected chi connectivity index (χ4v) is 1.90. The average molecular weight is 334 g/mol. The first-order valence-corrected chi connectivity index (χ1v) is 7.41. The van der Waals surface area contributed by atoms with Crippen LogP contribution in [0.25, 0.3) is 0 Å². The Hall–Kier alpha value is -2.82. The smallest absolute Gasteiger partial charge is 0.412 e. The normalized spacial score (nSPS) is 10.9. The van der Waals surface area contributed by atoms with Gasteiger partial charge in [-0.1, -0.05) is 0 Å². The number of hydrogen-bond acceptors (Lipinski definition) is 6. The Bertz CT molecular complexity index is 687. The van der Waals surface area contributed by atoms with Gasteiger partial charge >= 0.3 is 6.09 Å². The van der Waals surface area contributed by atoms with Gasteiger partial charge in [-0.3, -0.25) is 15.4 Å². The zero-order valence-corrected chi connectivity index (χ0v) is 14.7. The molecule has 1 rings (SSSR count). The SMILES string of the molecule is CC(C)N(C)c1cc(NC(=O)OC(C)(C)C)c([N+](=O)[O-])cc1C#N. The second-order valence-electron chi connectivity index (χ2n) is 6.59. The summed E-state index contributed by atoms with van der Waals surface area (Å²) < 4.78 is 5.13.